The molecule has 0 bridgehead atoms. The Balaban J connectivity index is 1.89. The van der Waals surface area contributed by atoms with Crippen molar-refractivity contribution >= 4 is 5.82 Å². The van der Waals surface area contributed by atoms with E-state index in [9.17, 15) is 0 Å². The van der Waals surface area contributed by atoms with E-state index in [1.54, 1.807) is 0 Å². The van der Waals surface area contributed by atoms with Crippen molar-refractivity contribution in [2.24, 2.45) is 5.73 Å². The molecule has 110 valence electrons. The number of piperazine rings is 1. The fraction of sp³-hybridized carbons (Fsp3) is 0.688. The van der Waals surface area contributed by atoms with Crippen molar-refractivity contribution in [2.45, 2.75) is 45.2 Å². The first-order valence-corrected chi connectivity index (χ1v) is 7.89. The third-order valence-corrected chi connectivity index (χ3v) is 4.87. The zero-order valence-electron chi connectivity index (χ0n) is 12.7. The molecule has 2 heterocycles. The number of aryl methyl sites for hydroxylation is 2. The Kier molecular flexibility index (Phi) is 3.94. The molecule has 1 fully saturated rings. The Morgan fingerprint density at radius 3 is 2.95 bits per heavy atom. The Morgan fingerprint density at radius 1 is 1.35 bits per heavy atom. The molecule has 20 heavy (non-hydrogen) atoms. The zero-order valence-corrected chi connectivity index (χ0v) is 12.7. The Hall–Kier alpha value is -1.13. The minimum absolute atomic E-state index is 0.596. The number of rotatable bonds is 3. The normalized spacial score (nSPS) is 23.1. The van der Waals surface area contributed by atoms with Gasteiger partial charge in [0.15, 0.2) is 0 Å². The number of anilines is 1. The van der Waals surface area contributed by atoms with Crippen LogP contribution >= 0.6 is 0 Å². The van der Waals surface area contributed by atoms with Crippen molar-refractivity contribution in [3.63, 3.8) is 0 Å². The van der Waals surface area contributed by atoms with Gasteiger partial charge in [0.2, 0.25) is 0 Å². The molecule has 1 aromatic heterocycles. The summed E-state index contributed by atoms with van der Waals surface area (Å²) in [5.41, 5.74) is 9.93. The van der Waals surface area contributed by atoms with E-state index in [1.807, 2.05) is 0 Å². The third kappa shape index (κ3) is 2.42. The van der Waals surface area contributed by atoms with Crippen molar-refractivity contribution in [3.8, 4) is 0 Å². The second-order valence-electron chi connectivity index (χ2n) is 6.12. The van der Waals surface area contributed by atoms with Crippen LogP contribution in [0.15, 0.2) is 6.07 Å². The highest BCUT2D eigenvalue weighted by Gasteiger charge is 2.26. The molecule has 0 amide bonds. The predicted molar refractivity (Wildman–Crippen MR) is 83.1 cm³/mol. The maximum atomic E-state index is 5.97. The first-order chi connectivity index (χ1) is 9.72. The summed E-state index contributed by atoms with van der Waals surface area (Å²) in [7, 11) is 2.23. The molecule has 1 saturated heterocycles. The fourth-order valence-corrected chi connectivity index (χ4v) is 3.51. The second-order valence-corrected chi connectivity index (χ2v) is 6.12. The molecule has 4 heteroatoms. The SMILES string of the molecule is CCC1CN(c2nc3c(cc2CN)CCC3)CCN1C. The number of pyridine rings is 1. The van der Waals surface area contributed by atoms with Crippen molar-refractivity contribution in [1.29, 1.82) is 0 Å². The van der Waals surface area contributed by atoms with Crippen molar-refractivity contribution < 1.29 is 0 Å². The lowest BCUT2D eigenvalue weighted by molar-refractivity contribution is 0.212. The number of hydrogen-bond acceptors (Lipinski definition) is 4. The lowest BCUT2D eigenvalue weighted by atomic mass is 10.1. The highest BCUT2D eigenvalue weighted by molar-refractivity contribution is 5.51. The highest BCUT2D eigenvalue weighted by Crippen LogP contribution is 2.28. The van der Waals surface area contributed by atoms with Gasteiger partial charge in [0.25, 0.3) is 0 Å². The summed E-state index contributed by atoms with van der Waals surface area (Å²) in [4.78, 5) is 9.89. The summed E-state index contributed by atoms with van der Waals surface area (Å²) < 4.78 is 0. The number of hydrogen-bond donors (Lipinski definition) is 1. The van der Waals surface area contributed by atoms with E-state index in [0.29, 0.717) is 12.6 Å². The molecular weight excluding hydrogens is 248 g/mol. The summed E-state index contributed by atoms with van der Waals surface area (Å²) in [5, 5.41) is 0. The van der Waals surface area contributed by atoms with Crippen molar-refractivity contribution in [3.05, 3.63) is 22.9 Å². The highest BCUT2D eigenvalue weighted by atomic mass is 15.3. The van der Waals surface area contributed by atoms with Crippen LogP contribution in [0, 0.1) is 0 Å². The first-order valence-electron chi connectivity index (χ1n) is 7.89. The lowest BCUT2D eigenvalue weighted by Crippen LogP contribution is -2.51. The molecule has 0 radical (unpaired) electrons. The van der Waals surface area contributed by atoms with Crippen LogP contribution in [0.3, 0.4) is 0 Å². The van der Waals surface area contributed by atoms with Crippen LogP contribution in [-0.2, 0) is 19.4 Å². The second kappa shape index (κ2) is 5.70. The van der Waals surface area contributed by atoms with Gasteiger partial charge in [-0.3, -0.25) is 4.90 Å². The van der Waals surface area contributed by atoms with E-state index in [0.717, 1.165) is 31.9 Å². The minimum atomic E-state index is 0.596. The van der Waals surface area contributed by atoms with E-state index >= 15 is 0 Å². The molecule has 1 atom stereocenters. The molecule has 4 nitrogen and oxygen atoms in total. The van der Waals surface area contributed by atoms with E-state index in [4.69, 9.17) is 10.7 Å². The molecule has 2 N–H and O–H groups in total. The smallest absolute Gasteiger partial charge is 0.133 e. The molecule has 3 rings (SSSR count). The molecule has 0 saturated carbocycles. The Morgan fingerprint density at radius 2 is 2.20 bits per heavy atom. The van der Waals surface area contributed by atoms with Crippen molar-refractivity contribution in [1.82, 2.24) is 9.88 Å². The largest absolute Gasteiger partial charge is 0.353 e. The predicted octanol–water partition coefficient (Wildman–Crippen LogP) is 1.56. The van der Waals surface area contributed by atoms with Crippen LogP contribution in [0.4, 0.5) is 5.82 Å². The number of likely N-dealkylation sites (N-methyl/N-ethyl adjacent to an activating group) is 1. The fourth-order valence-electron chi connectivity index (χ4n) is 3.51. The molecule has 2 aliphatic rings. The monoisotopic (exact) mass is 274 g/mol. The first kappa shape index (κ1) is 13.8. The topological polar surface area (TPSA) is 45.4 Å². The molecule has 0 spiro atoms. The van der Waals surface area contributed by atoms with Gasteiger partial charge in [-0.25, -0.2) is 4.98 Å². The summed E-state index contributed by atoms with van der Waals surface area (Å²) in [6, 6.07) is 2.94. The lowest BCUT2D eigenvalue weighted by Gasteiger charge is -2.40. The van der Waals surface area contributed by atoms with Gasteiger partial charge in [-0.15, -0.1) is 0 Å². The van der Waals surface area contributed by atoms with Crippen LogP contribution in [0.2, 0.25) is 0 Å². The molecular formula is C16H26N4. The van der Waals surface area contributed by atoms with Crippen LogP contribution in [0.5, 0.6) is 0 Å². The summed E-state index contributed by atoms with van der Waals surface area (Å²) in [6.45, 7) is 6.11. The maximum absolute atomic E-state index is 5.97. The van der Waals surface area contributed by atoms with Gasteiger partial charge in [0.05, 0.1) is 0 Å². The van der Waals surface area contributed by atoms with Gasteiger partial charge in [-0.05, 0) is 44.4 Å². The van der Waals surface area contributed by atoms with Crippen LogP contribution in [0.1, 0.15) is 36.6 Å². The number of fused-ring (bicyclic) bond motifs is 1. The van der Waals surface area contributed by atoms with Crippen LogP contribution in [0.25, 0.3) is 0 Å². The summed E-state index contributed by atoms with van der Waals surface area (Å²) in [5.74, 6) is 1.15. The average Bonchev–Trinajstić information content (AvgIpc) is 2.93. The van der Waals surface area contributed by atoms with Crippen LogP contribution < -0.4 is 10.6 Å². The Labute approximate surface area is 122 Å². The van der Waals surface area contributed by atoms with Gasteiger partial charge in [0, 0.05) is 43.5 Å². The number of nitrogens with zero attached hydrogens (tertiary/aromatic N) is 3. The average molecular weight is 274 g/mol. The maximum Gasteiger partial charge on any atom is 0.133 e. The van der Waals surface area contributed by atoms with E-state index in [-0.39, 0.29) is 0 Å². The molecule has 1 aliphatic carbocycles. The zero-order chi connectivity index (χ0) is 14.1. The summed E-state index contributed by atoms with van der Waals surface area (Å²) >= 11 is 0. The molecule has 1 aromatic rings. The molecule has 1 unspecified atom stereocenters. The van der Waals surface area contributed by atoms with Gasteiger partial charge in [-0.1, -0.05) is 6.92 Å². The molecule has 1 aliphatic heterocycles. The number of aromatic nitrogens is 1. The van der Waals surface area contributed by atoms with E-state index in [2.05, 4.69) is 29.8 Å². The minimum Gasteiger partial charge on any atom is -0.353 e. The van der Waals surface area contributed by atoms with Gasteiger partial charge >= 0.3 is 0 Å². The third-order valence-electron chi connectivity index (χ3n) is 4.87. The standard InChI is InChI=1S/C16H26N4/c1-3-14-11-20(8-7-19(14)2)16-13(10-17)9-12-5-4-6-15(12)18-16/h9,14H,3-8,10-11,17H2,1-2H3. The van der Waals surface area contributed by atoms with Crippen molar-refractivity contribution in [2.75, 3.05) is 31.6 Å². The Bertz CT molecular complexity index is 486. The molecule has 0 aromatic carbocycles. The van der Waals surface area contributed by atoms with E-state index in [1.165, 1.54) is 36.1 Å². The van der Waals surface area contributed by atoms with E-state index < -0.39 is 0 Å². The number of nitrogens with two attached hydrogens (primary N) is 1. The summed E-state index contributed by atoms with van der Waals surface area (Å²) in [6.07, 6.45) is 4.75. The quantitative estimate of drug-likeness (QED) is 0.908. The van der Waals surface area contributed by atoms with Gasteiger partial charge < -0.3 is 10.6 Å². The van der Waals surface area contributed by atoms with Gasteiger partial charge in [0.1, 0.15) is 5.82 Å². The van der Waals surface area contributed by atoms with Gasteiger partial charge in [-0.2, -0.15) is 0 Å². The van der Waals surface area contributed by atoms with Crippen LogP contribution in [-0.4, -0.2) is 42.6 Å².